The lowest BCUT2D eigenvalue weighted by molar-refractivity contribution is -0.130. The van der Waals surface area contributed by atoms with Crippen molar-refractivity contribution >= 4 is 22.5 Å². The van der Waals surface area contributed by atoms with Gasteiger partial charge in [-0.25, -0.2) is 4.98 Å². The number of aromatic nitrogens is 1. The number of rotatable bonds is 6. The zero-order valence-electron chi connectivity index (χ0n) is 13.5. The number of likely N-dealkylation sites (tertiary alicyclic amines) is 1. The first-order chi connectivity index (χ1) is 11.8. The number of carbonyl (C=O) groups excluding carboxylic acids is 1. The zero-order valence-corrected chi connectivity index (χ0v) is 13.5. The number of nitrogens with zero attached hydrogens (tertiary/aromatic N) is 3. The van der Waals surface area contributed by atoms with E-state index in [1.54, 1.807) is 11.1 Å². The maximum Gasteiger partial charge on any atom is 0.237 e. The average molecular weight is 323 g/mol. The Morgan fingerprint density at radius 1 is 1.33 bits per heavy atom. The summed E-state index contributed by atoms with van der Waals surface area (Å²) in [6.45, 7) is 2.29. The van der Waals surface area contributed by atoms with Gasteiger partial charge in [-0.05, 0) is 24.3 Å². The normalized spacial score (nSPS) is 17.0. The first kappa shape index (κ1) is 16.2. The second-order valence-corrected chi connectivity index (χ2v) is 5.86. The van der Waals surface area contributed by atoms with E-state index in [1.165, 1.54) is 0 Å². The Bertz CT molecular complexity index is 749. The summed E-state index contributed by atoms with van der Waals surface area (Å²) in [5.74, 6) is 0.854. The van der Waals surface area contributed by atoms with Gasteiger partial charge in [-0.1, -0.05) is 24.3 Å². The molecule has 1 aliphatic heterocycles. The van der Waals surface area contributed by atoms with Gasteiger partial charge in [0.25, 0.3) is 0 Å². The molecule has 1 amide bonds. The molecule has 0 aliphatic carbocycles. The average Bonchev–Trinajstić information content (AvgIpc) is 3.10. The number of nitriles is 1. The first-order valence-electron chi connectivity index (χ1n) is 8.27. The Morgan fingerprint density at radius 2 is 2.21 bits per heavy atom. The predicted molar refractivity (Wildman–Crippen MR) is 93.5 cm³/mol. The molecule has 6 heteroatoms. The lowest BCUT2D eigenvalue weighted by Crippen LogP contribution is -2.41. The maximum atomic E-state index is 12.1. The van der Waals surface area contributed by atoms with Gasteiger partial charge >= 0.3 is 0 Å². The van der Waals surface area contributed by atoms with E-state index in [0.29, 0.717) is 19.6 Å². The second-order valence-electron chi connectivity index (χ2n) is 5.86. The van der Waals surface area contributed by atoms with Crippen LogP contribution in [0.2, 0.25) is 0 Å². The molecule has 0 saturated carbocycles. The van der Waals surface area contributed by atoms with Crippen LogP contribution in [0.4, 0.5) is 5.82 Å². The van der Waals surface area contributed by atoms with Crippen LogP contribution in [-0.2, 0) is 4.79 Å². The smallest absolute Gasteiger partial charge is 0.237 e. The molecule has 3 rings (SSSR count). The molecule has 2 aromatic rings. The Morgan fingerprint density at radius 3 is 3.08 bits per heavy atom. The fraction of sp³-hybridized carbons (Fsp3) is 0.389. The van der Waals surface area contributed by atoms with Gasteiger partial charge in [-0.3, -0.25) is 4.79 Å². The molecule has 1 aromatic heterocycles. The van der Waals surface area contributed by atoms with E-state index in [-0.39, 0.29) is 18.5 Å². The zero-order chi connectivity index (χ0) is 16.8. The van der Waals surface area contributed by atoms with E-state index in [4.69, 9.17) is 5.26 Å². The molecule has 1 saturated heterocycles. The van der Waals surface area contributed by atoms with Gasteiger partial charge in [0.15, 0.2) is 0 Å². The van der Waals surface area contributed by atoms with Gasteiger partial charge in [-0.15, -0.1) is 0 Å². The summed E-state index contributed by atoms with van der Waals surface area (Å²) in [5.41, 5.74) is 0. The topological polar surface area (TPSA) is 81.0 Å². The first-order valence-corrected chi connectivity index (χ1v) is 8.27. The van der Waals surface area contributed by atoms with E-state index in [0.717, 1.165) is 29.4 Å². The van der Waals surface area contributed by atoms with Crippen molar-refractivity contribution in [2.24, 2.45) is 0 Å². The second kappa shape index (κ2) is 7.75. The van der Waals surface area contributed by atoms with Gasteiger partial charge in [0.2, 0.25) is 5.91 Å². The molecule has 6 nitrogen and oxygen atoms in total. The molecule has 24 heavy (non-hydrogen) atoms. The molecular weight excluding hydrogens is 302 g/mol. The summed E-state index contributed by atoms with van der Waals surface area (Å²) >= 11 is 0. The van der Waals surface area contributed by atoms with E-state index in [2.05, 4.69) is 27.8 Å². The Labute approximate surface area is 141 Å². The van der Waals surface area contributed by atoms with Crippen LogP contribution >= 0.6 is 0 Å². The van der Waals surface area contributed by atoms with Gasteiger partial charge in [0, 0.05) is 31.2 Å². The summed E-state index contributed by atoms with van der Waals surface area (Å²) in [7, 11) is 0. The molecule has 0 radical (unpaired) electrons. The molecule has 2 heterocycles. The lowest BCUT2D eigenvalue weighted by Gasteiger charge is -2.19. The largest absolute Gasteiger partial charge is 0.368 e. The summed E-state index contributed by atoms with van der Waals surface area (Å²) < 4.78 is 0. The van der Waals surface area contributed by atoms with Crippen molar-refractivity contribution in [2.45, 2.75) is 18.9 Å². The van der Waals surface area contributed by atoms with Crippen LogP contribution in [0.3, 0.4) is 0 Å². The third kappa shape index (κ3) is 3.63. The summed E-state index contributed by atoms with van der Waals surface area (Å²) in [6, 6.07) is 12.0. The fourth-order valence-electron chi connectivity index (χ4n) is 3.03. The number of nitrogens with one attached hydrogen (secondary N) is 2. The monoisotopic (exact) mass is 323 g/mol. The Balaban J connectivity index is 1.44. The van der Waals surface area contributed by atoms with Crippen LogP contribution in [0.1, 0.15) is 12.8 Å². The van der Waals surface area contributed by atoms with E-state index >= 15 is 0 Å². The number of benzene rings is 1. The van der Waals surface area contributed by atoms with E-state index in [9.17, 15) is 4.79 Å². The summed E-state index contributed by atoms with van der Waals surface area (Å²) in [5, 5.41) is 17.7. The standard InChI is InChI=1S/C18H21N5O/c19-12-15-5-3-11-23(15)17(24)13-20-9-10-22-18-16-6-2-1-4-14(16)7-8-21-18/h1-2,4,6-8,15,20H,3,5,9-11,13H2,(H,21,22)/t15-/m0/s1. The highest BCUT2D eigenvalue weighted by atomic mass is 16.2. The summed E-state index contributed by atoms with van der Waals surface area (Å²) in [6.07, 6.45) is 3.49. The third-order valence-corrected chi connectivity index (χ3v) is 4.27. The molecule has 1 atom stereocenters. The van der Waals surface area contributed by atoms with Crippen molar-refractivity contribution in [3.05, 3.63) is 36.5 Å². The highest BCUT2D eigenvalue weighted by Crippen LogP contribution is 2.20. The minimum Gasteiger partial charge on any atom is -0.368 e. The van der Waals surface area contributed by atoms with Crippen molar-refractivity contribution in [3.8, 4) is 6.07 Å². The highest BCUT2D eigenvalue weighted by molar-refractivity contribution is 5.91. The number of hydrogen-bond acceptors (Lipinski definition) is 5. The number of hydrogen-bond donors (Lipinski definition) is 2. The van der Waals surface area contributed by atoms with Crippen LogP contribution in [0.25, 0.3) is 10.8 Å². The molecule has 1 aromatic carbocycles. The Kier molecular flexibility index (Phi) is 5.24. The van der Waals surface area contributed by atoms with Crippen molar-refractivity contribution in [1.82, 2.24) is 15.2 Å². The molecule has 124 valence electrons. The van der Waals surface area contributed by atoms with Gasteiger partial charge in [0.1, 0.15) is 11.9 Å². The van der Waals surface area contributed by atoms with Crippen LogP contribution in [-0.4, -0.2) is 48.0 Å². The lowest BCUT2D eigenvalue weighted by atomic mass is 10.1. The van der Waals surface area contributed by atoms with Crippen LogP contribution in [0.5, 0.6) is 0 Å². The Hall–Kier alpha value is -2.65. The predicted octanol–water partition coefficient (Wildman–Crippen LogP) is 1.75. The number of amides is 1. The van der Waals surface area contributed by atoms with Crippen molar-refractivity contribution < 1.29 is 4.79 Å². The SMILES string of the molecule is N#C[C@@H]1CCCN1C(=O)CNCCNc1nccc2ccccc12. The minimum atomic E-state index is -0.252. The highest BCUT2D eigenvalue weighted by Gasteiger charge is 2.27. The molecular formula is C18H21N5O. The van der Waals surface area contributed by atoms with Crippen LogP contribution < -0.4 is 10.6 Å². The number of pyridine rings is 1. The van der Waals surface area contributed by atoms with Gasteiger partial charge in [0.05, 0.1) is 12.6 Å². The third-order valence-electron chi connectivity index (χ3n) is 4.27. The number of anilines is 1. The van der Waals surface area contributed by atoms with Gasteiger partial charge < -0.3 is 15.5 Å². The number of carbonyl (C=O) groups is 1. The van der Waals surface area contributed by atoms with E-state index in [1.807, 2.05) is 24.3 Å². The maximum absolute atomic E-state index is 12.1. The molecule has 2 N–H and O–H groups in total. The summed E-state index contributed by atoms with van der Waals surface area (Å²) in [4.78, 5) is 18.1. The number of fused-ring (bicyclic) bond motifs is 1. The molecule has 0 bridgehead atoms. The van der Waals surface area contributed by atoms with E-state index < -0.39 is 0 Å². The fourth-order valence-corrected chi connectivity index (χ4v) is 3.03. The quantitative estimate of drug-likeness (QED) is 0.792. The molecule has 0 spiro atoms. The van der Waals surface area contributed by atoms with Gasteiger partial charge in [-0.2, -0.15) is 5.26 Å². The molecule has 1 fully saturated rings. The molecule has 0 unspecified atom stereocenters. The van der Waals surface area contributed by atoms with Crippen molar-refractivity contribution in [2.75, 3.05) is 31.5 Å². The van der Waals surface area contributed by atoms with Crippen molar-refractivity contribution in [3.63, 3.8) is 0 Å². The van der Waals surface area contributed by atoms with Crippen LogP contribution in [0, 0.1) is 11.3 Å². The van der Waals surface area contributed by atoms with Crippen molar-refractivity contribution in [1.29, 1.82) is 5.26 Å². The molecule has 1 aliphatic rings. The van der Waals surface area contributed by atoms with Crippen LogP contribution in [0.15, 0.2) is 36.5 Å². The minimum absolute atomic E-state index is 0.00216.